The summed E-state index contributed by atoms with van der Waals surface area (Å²) in [6.07, 6.45) is 3.07. The highest BCUT2D eigenvalue weighted by Gasteiger charge is 2.33. The van der Waals surface area contributed by atoms with E-state index < -0.39 is 5.60 Å². The summed E-state index contributed by atoms with van der Waals surface area (Å²) < 4.78 is 0. The van der Waals surface area contributed by atoms with Gasteiger partial charge in [0.1, 0.15) is 0 Å². The van der Waals surface area contributed by atoms with Crippen LogP contribution in [0.1, 0.15) is 30.4 Å². The SMILES string of the molecule is Cc1ccccc1CNCC1(O)CCC1. The summed E-state index contributed by atoms with van der Waals surface area (Å²) >= 11 is 0. The zero-order chi connectivity index (χ0) is 10.7. The molecule has 2 nitrogen and oxygen atoms in total. The number of hydrogen-bond donors (Lipinski definition) is 2. The van der Waals surface area contributed by atoms with Crippen LogP contribution in [-0.2, 0) is 6.54 Å². The van der Waals surface area contributed by atoms with Crippen molar-refractivity contribution in [2.45, 2.75) is 38.3 Å². The molecule has 1 fully saturated rings. The van der Waals surface area contributed by atoms with E-state index >= 15 is 0 Å². The third kappa shape index (κ3) is 2.58. The minimum Gasteiger partial charge on any atom is -0.389 e. The molecule has 0 bridgehead atoms. The summed E-state index contributed by atoms with van der Waals surface area (Å²) in [6.45, 7) is 3.70. The largest absolute Gasteiger partial charge is 0.389 e. The lowest BCUT2D eigenvalue weighted by molar-refractivity contribution is -0.0314. The maximum Gasteiger partial charge on any atom is 0.0771 e. The van der Waals surface area contributed by atoms with Gasteiger partial charge >= 0.3 is 0 Å². The molecule has 0 radical (unpaired) electrons. The van der Waals surface area contributed by atoms with Crippen LogP contribution < -0.4 is 5.32 Å². The molecule has 1 saturated carbocycles. The maximum atomic E-state index is 9.89. The fraction of sp³-hybridized carbons (Fsp3) is 0.538. The first-order valence-corrected chi connectivity index (χ1v) is 5.67. The van der Waals surface area contributed by atoms with Gasteiger partial charge in [-0.3, -0.25) is 0 Å². The van der Waals surface area contributed by atoms with Gasteiger partial charge in [0.2, 0.25) is 0 Å². The standard InChI is InChI=1S/C13H19NO/c1-11-5-2-3-6-12(11)9-14-10-13(15)7-4-8-13/h2-3,5-6,14-15H,4,7-10H2,1H3. The molecule has 2 N–H and O–H groups in total. The Balaban J connectivity index is 1.81. The normalized spacial score (nSPS) is 18.5. The van der Waals surface area contributed by atoms with Crippen molar-refractivity contribution in [1.82, 2.24) is 5.32 Å². The molecule has 0 amide bonds. The van der Waals surface area contributed by atoms with Crippen molar-refractivity contribution >= 4 is 0 Å². The summed E-state index contributed by atoms with van der Waals surface area (Å²) in [4.78, 5) is 0. The van der Waals surface area contributed by atoms with Gasteiger partial charge in [-0.25, -0.2) is 0 Å². The number of nitrogens with one attached hydrogen (secondary N) is 1. The molecule has 2 rings (SSSR count). The molecular weight excluding hydrogens is 186 g/mol. The van der Waals surface area contributed by atoms with Gasteiger partial charge < -0.3 is 10.4 Å². The molecule has 1 aliphatic carbocycles. The summed E-state index contributed by atoms with van der Waals surface area (Å²) in [5.74, 6) is 0. The Morgan fingerprint density at radius 2 is 2.07 bits per heavy atom. The summed E-state index contributed by atoms with van der Waals surface area (Å²) in [5.41, 5.74) is 2.22. The van der Waals surface area contributed by atoms with Crippen molar-refractivity contribution < 1.29 is 5.11 Å². The monoisotopic (exact) mass is 205 g/mol. The number of rotatable bonds is 4. The molecule has 2 heteroatoms. The second kappa shape index (κ2) is 4.33. The summed E-state index contributed by atoms with van der Waals surface area (Å²) in [6, 6.07) is 8.36. The van der Waals surface area contributed by atoms with Crippen molar-refractivity contribution in [2.75, 3.05) is 6.54 Å². The van der Waals surface area contributed by atoms with Crippen molar-refractivity contribution in [3.05, 3.63) is 35.4 Å². The van der Waals surface area contributed by atoms with E-state index in [1.54, 1.807) is 0 Å². The quantitative estimate of drug-likeness (QED) is 0.788. The summed E-state index contributed by atoms with van der Waals surface area (Å²) in [7, 11) is 0. The smallest absolute Gasteiger partial charge is 0.0771 e. The Morgan fingerprint density at radius 1 is 1.33 bits per heavy atom. The molecule has 15 heavy (non-hydrogen) atoms. The Kier molecular flexibility index (Phi) is 3.08. The molecule has 1 aromatic rings. The maximum absolute atomic E-state index is 9.89. The molecule has 0 aliphatic heterocycles. The number of aliphatic hydroxyl groups is 1. The van der Waals surface area contributed by atoms with Crippen molar-refractivity contribution in [3.63, 3.8) is 0 Å². The van der Waals surface area contributed by atoms with Crippen LogP contribution in [0.3, 0.4) is 0 Å². The van der Waals surface area contributed by atoms with Crippen LogP contribution in [0.4, 0.5) is 0 Å². The van der Waals surface area contributed by atoms with Gasteiger partial charge in [0.15, 0.2) is 0 Å². The van der Waals surface area contributed by atoms with Crippen LogP contribution in [-0.4, -0.2) is 17.3 Å². The van der Waals surface area contributed by atoms with Crippen LogP contribution in [0, 0.1) is 6.92 Å². The minimum absolute atomic E-state index is 0.414. The fourth-order valence-electron chi connectivity index (χ4n) is 2.00. The van der Waals surface area contributed by atoms with E-state index in [4.69, 9.17) is 0 Å². The van der Waals surface area contributed by atoms with Crippen LogP contribution in [0.15, 0.2) is 24.3 Å². The molecule has 0 spiro atoms. The van der Waals surface area contributed by atoms with Gasteiger partial charge in [-0.1, -0.05) is 24.3 Å². The number of hydrogen-bond acceptors (Lipinski definition) is 2. The average Bonchev–Trinajstić information content (AvgIpc) is 2.18. The van der Waals surface area contributed by atoms with Crippen molar-refractivity contribution in [2.24, 2.45) is 0 Å². The van der Waals surface area contributed by atoms with E-state index in [0.717, 1.165) is 25.9 Å². The molecular formula is C13H19NO. The average molecular weight is 205 g/mol. The Hall–Kier alpha value is -0.860. The van der Waals surface area contributed by atoms with E-state index in [0.29, 0.717) is 0 Å². The number of aryl methyl sites for hydroxylation is 1. The molecule has 0 aromatic heterocycles. The molecule has 0 heterocycles. The first kappa shape index (κ1) is 10.7. The minimum atomic E-state index is -0.414. The van der Waals surface area contributed by atoms with E-state index in [1.165, 1.54) is 17.5 Å². The van der Waals surface area contributed by atoms with Crippen LogP contribution in [0.2, 0.25) is 0 Å². The van der Waals surface area contributed by atoms with E-state index in [-0.39, 0.29) is 0 Å². The highest BCUT2D eigenvalue weighted by atomic mass is 16.3. The van der Waals surface area contributed by atoms with Gasteiger partial charge in [0.05, 0.1) is 5.60 Å². The van der Waals surface area contributed by atoms with E-state index in [9.17, 15) is 5.11 Å². The highest BCUT2D eigenvalue weighted by Crippen LogP contribution is 2.30. The van der Waals surface area contributed by atoms with Crippen molar-refractivity contribution in [3.8, 4) is 0 Å². The molecule has 0 saturated heterocycles. The third-order valence-corrected chi connectivity index (χ3v) is 3.32. The topological polar surface area (TPSA) is 32.3 Å². The zero-order valence-corrected chi connectivity index (χ0v) is 9.29. The lowest BCUT2D eigenvalue weighted by Gasteiger charge is -2.36. The summed E-state index contributed by atoms with van der Waals surface area (Å²) in [5, 5.41) is 13.2. The lowest BCUT2D eigenvalue weighted by atomic mass is 9.80. The molecule has 0 unspecified atom stereocenters. The van der Waals surface area contributed by atoms with Gasteiger partial charge in [-0.15, -0.1) is 0 Å². The predicted molar refractivity (Wildman–Crippen MR) is 61.7 cm³/mol. The molecule has 1 aromatic carbocycles. The van der Waals surface area contributed by atoms with E-state index in [1.807, 2.05) is 0 Å². The Labute approximate surface area is 91.3 Å². The van der Waals surface area contributed by atoms with Gasteiger partial charge in [-0.05, 0) is 37.3 Å². The predicted octanol–water partition coefficient (Wildman–Crippen LogP) is 2.00. The van der Waals surface area contributed by atoms with Crippen LogP contribution in [0.5, 0.6) is 0 Å². The lowest BCUT2D eigenvalue weighted by Crippen LogP contribution is -2.46. The Morgan fingerprint density at radius 3 is 2.67 bits per heavy atom. The highest BCUT2D eigenvalue weighted by molar-refractivity contribution is 5.25. The molecule has 0 atom stereocenters. The first-order chi connectivity index (χ1) is 7.20. The Bertz CT molecular complexity index is 331. The van der Waals surface area contributed by atoms with Crippen LogP contribution >= 0.6 is 0 Å². The third-order valence-electron chi connectivity index (χ3n) is 3.32. The zero-order valence-electron chi connectivity index (χ0n) is 9.29. The fourth-order valence-corrected chi connectivity index (χ4v) is 2.00. The van der Waals surface area contributed by atoms with Crippen molar-refractivity contribution in [1.29, 1.82) is 0 Å². The first-order valence-electron chi connectivity index (χ1n) is 5.67. The molecule has 82 valence electrons. The van der Waals surface area contributed by atoms with E-state index in [2.05, 4.69) is 36.5 Å². The second-order valence-electron chi connectivity index (χ2n) is 4.61. The second-order valence-corrected chi connectivity index (χ2v) is 4.61. The molecule has 1 aliphatic rings. The van der Waals surface area contributed by atoms with Gasteiger partial charge in [0, 0.05) is 13.1 Å². The van der Waals surface area contributed by atoms with Crippen LogP contribution in [0.25, 0.3) is 0 Å². The number of benzene rings is 1. The van der Waals surface area contributed by atoms with Gasteiger partial charge in [-0.2, -0.15) is 0 Å². The van der Waals surface area contributed by atoms with Gasteiger partial charge in [0.25, 0.3) is 0 Å².